The summed E-state index contributed by atoms with van der Waals surface area (Å²) in [5.41, 5.74) is 3.89. The molecule has 22 heavy (non-hydrogen) atoms. The van der Waals surface area contributed by atoms with Crippen molar-refractivity contribution < 1.29 is 9.53 Å². The number of thiazole rings is 1. The summed E-state index contributed by atoms with van der Waals surface area (Å²) >= 11 is 1.63. The Bertz CT molecular complexity index is 789. The third-order valence-electron chi connectivity index (χ3n) is 3.29. The van der Waals surface area contributed by atoms with Crippen molar-refractivity contribution >= 4 is 27.9 Å². The number of carbonyl (C=O) groups is 1. The van der Waals surface area contributed by atoms with Gasteiger partial charge in [-0.3, -0.25) is 9.20 Å². The minimum Gasteiger partial charge on any atom is -0.372 e. The first-order valence-corrected chi connectivity index (χ1v) is 7.96. The molecule has 1 amide bonds. The topological polar surface area (TPSA) is 55.6 Å². The summed E-state index contributed by atoms with van der Waals surface area (Å²) in [5, 5.41) is 4.89. The first-order chi connectivity index (χ1) is 10.7. The third-order valence-corrected chi connectivity index (χ3v) is 4.25. The van der Waals surface area contributed by atoms with Gasteiger partial charge in [-0.25, -0.2) is 4.98 Å². The summed E-state index contributed by atoms with van der Waals surface area (Å²) in [7, 11) is 0. The van der Waals surface area contributed by atoms with Crippen LogP contribution in [0.1, 0.15) is 12.6 Å². The largest absolute Gasteiger partial charge is 0.372 e. The molecular formula is C16H17N3O2S. The Kier molecular flexibility index (Phi) is 4.22. The summed E-state index contributed by atoms with van der Waals surface area (Å²) < 4.78 is 7.15. The number of anilines is 1. The molecule has 5 nitrogen and oxygen atoms in total. The number of fused-ring (bicyclic) bond motifs is 1. The van der Waals surface area contributed by atoms with Gasteiger partial charge in [-0.1, -0.05) is 12.1 Å². The second-order valence-corrected chi connectivity index (χ2v) is 5.76. The van der Waals surface area contributed by atoms with E-state index in [-0.39, 0.29) is 12.5 Å². The lowest BCUT2D eigenvalue weighted by Gasteiger charge is -2.05. The average molecular weight is 315 g/mol. The van der Waals surface area contributed by atoms with Gasteiger partial charge >= 0.3 is 0 Å². The number of amides is 1. The second-order valence-electron chi connectivity index (χ2n) is 4.92. The van der Waals surface area contributed by atoms with Crippen molar-refractivity contribution in [3.63, 3.8) is 0 Å². The van der Waals surface area contributed by atoms with Crippen LogP contribution in [-0.2, 0) is 9.53 Å². The highest BCUT2D eigenvalue weighted by Gasteiger charge is 2.08. The van der Waals surface area contributed by atoms with Crippen molar-refractivity contribution in [2.24, 2.45) is 0 Å². The average Bonchev–Trinajstić information content (AvgIpc) is 3.08. The number of rotatable bonds is 5. The molecule has 3 aromatic rings. The van der Waals surface area contributed by atoms with Gasteiger partial charge in [-0.15, -0.1) is 11.3 Å². The van der Waals surface area contributed by atoms with E-state index in [2.05, 4.69) is 27.0 Å². The van der Waals surface area contributed by atoms with Gasteiger partial charge in [0.05, 0.1) is 5.69 Å². The molecule has 2 heterocycles. The number of hydrogen-bond acceptors (Lipinski definition) is 4. The number of aromatic nitrogens is 2. The monoisotopic (exact) mass is 315 g/mol. The molecule has 0 aliphatic heterocycles. The zero-order chi connectivity index (χ0) is 15.5. The quantitative estimate of drug-likeness (QED) is 0.785. The molecule has 6 heteroatoms. The van der Waals surface area contributed by atoms with Crippen LogP contribution in [0.2, 0.25) is 0 Å². The van der Waals surface area contributed by atoms with Gasteiger partial charge in [-0.05, 0) is 26.0 Å². The first-order valence-electron chi connectivity index (χ1n) is 7.08. The van der Waals surface area contributed by atoms with E-state index in [4.69, 9.17) is 4.74 Å². The normalized spacial score (nSPS) is 11.0. The Morgan fingerprint density at radius 3 is 2.82 bits per heavy atom. The van der Waals surface area contributed by atoms with Gasteiger partial charge in [0, 0.05) is 35.1 Å². The van der Waals surface area contributed by atoms with E-state index in [9.17, 15) is 4.79 Å². The Morgan fingerprint density at radius 1 is 1.36 bits per heavy atom. The zero-order valence-corrected chi connectivity index (χ0v) is 13.3. The molecule has 0 unspecified atom stereocenters. The Hall–Kier alpha value is -2.18. The number of benzene rings is 1. The van der Waals surface area contributed by atoms with Crippen molar-refractivity contribution in [1.82, 2.24) is 9.38 Å². The molecule has 1 N–H and O–H groups in total. The van der Waals surface area contributed by atoms with Gasteiger partial charge in [0.1, 0.15) is 6.61 Å². The summed E-state index contributed by atoms with van der Waals surface area (Å²) in [4.78, 5) is 17.2. The van der Waals surface area contributed by atoms with Crippen molar-refractivity contribution in [3.8, 4) is 11.3 Å². The SMILES string of the molecule is CCOCC(=O)Nc1ccc(-c2cn3c(C)csc3n2)cc1. The lowest BCUT2D eigenvalue weighted by molar-refractivity contribution is -0.120. The summed E-state index contributed by atoms with van der Waals surface area (Å²) in [6.07, 6.45) is 2.03. The van der Waals surface area contributed by atoms with Crippen LogP contribution in [0.15, 0.2) is 35.8 Å². The molecular weight excluding hydrogens is 298 g/mol. The van der Waals surface area contributed by atoms with Crippen molar-refractivity contribution in [1.29, 1.82) is 0 Å². The molecule has 0 saturated heterocycles. The maximum atomic E-state index is 11.6. The van der Waals surface area contributed by atoms with E-state index >= 15 is 0 Å². The molecule has 0 saturated carbocycles. The summed E-state index contributed by atoms with van der Waals surface area (Å²) in [5.74, 6) is -0.146. The van der Waals surface area contributed by atoms with Crippen LogP contribution >= 0.6 is 11.3 Å². The third kappa shape index (κ3) is 3.03. The van der Waals surface area contributed by atoms with Crippen molar-refractivity contribution in [2.45, 2.75) is 13.8 Å². The predicted molar refractivity (Wildman–Crippen MR) is 88.4 cm³/mol. The van der Waals surface area contributed by atoms with Crippen LogP contribution in [0.5, 0.6) is 0 Å². The number of carbonyl (C=O) groups excluding carboxylic acids is 1. The van der Waals surface area contributed by atoms with Crippen LogP contribution in [0.25, 0.3) is 16.2 Å². The predicted octanol–water partition coefficient (Wildman–Crippen LogP) is 3.35. The molecule has 0 fully saturated rings. The molecule has 0 aliphatic carbocycles. The molecule has 0 atom stereocenters. The highest BCUT2D eigenvalue weighted by Crippen LogP contribution is 2.24. The number of nitrogens with zero attached hydrogens (tertiary/aromatic N) is 2. The second kappa shape index (κ2) is 6.29. The summed E-state index contributed by atoms with van der Waals surface area (Å²) in [6, 6.07) is 7.66. The highest BCUT2D eigenvalue weighted by molar-refractivity contribution is 7.15. The fourth-order valence-corrected chi connectivity index (χ4v) is 3.00. The van der Waals surface area contributed by atoms with E-state index in [1.54, 1.807) is 11.3 Å². The molecule has 0 spiro atoms. The highest BCUT2D eigenvalue weighted by atomic mass is 32.1. The first kappa shape index (κ1) is 14.7. The smallest absolute Gasteiger partial charge is 0.250 e. The van der Waals surface area contributed by atoms with Gasteiger partial charge in [-0.2, -0.15) is 0 Å². The van der Waals surface area contributed by atoms with Crippen molar-refractivity contribution in [3.05, 3.63) is 41.5 Å². The van der Waals surface area contributed by atoms with E-state index in [0.717, 1.165) is 21.9 Å². The molecule has 0 radical (unpaired) electrons. The number of hydrogen-bond donors (Lipinski definition) is 1. The van der Waals surface area contributed by atoms with Gasteiger partial charge in [0.15, 0.2) is 4.96 Å². The molecule has 114 valence electrons. The maximum Gasteiger partial charge on any atom is 0.250 e. The Balaban J connectivity index is 1.74. The fourth-order valence-electron chi connectivity index (χ4n) is 2.15. The Labute approximate surface area is 132 Å². The zero-order valence-electron chi connectivity index (χ0n) is 12.5. The maximum absolute atomic E-state index is 11.6. The van der Waals surface area contributed by atoms with Gasteiger partial charge < -0.3 is 10.1 Å². The van der Waals surface area contributed by atoms with Crippen molar-refractivity contribution in [2.75, 3.05) is 18.5 Å². The standard InChI is InChI=1S/C16H17N3O2S/c1-3-21-9-15(20)17-13-6-4-12(5-7-13)14-8-19-11(2)10-22-16(19)18-14/h4-8,10H,3,9H2,1-2H3,(H,17,20). The lowest BCUT2D eigenvalue weighted by atomic mass is 10.1. The van der Waals surface area contributed by atoms with E-state index < -0.39 is 0 Å². The van der Waals surface area contributed by atoms with Crippen LogP contribution in [0, 0.1) is 6.92 Å². The minimum absolute atomic E-state index is 0.0782. The van der Waals surface area contributed by atoms with Crippen LogP contribution < -0.4 is 5.32 Å². The molecule has 1 aromatic carbocycles. The van der Waals surface area contributed by atoms with E-state index in [1.807, 2.05) is 37.4 Å². The van der Waals surface area contributed by atoms with Crippen LogP contribution in [0.4, 0.5) is 5.69 Å². The minimum atomic E-state index is -0.146. The lowest BCUT2D eigenvalue weighted by Crippen LogP contribution is -2.18. The number of nitrogens with one attached hydrogen (secondary N) is 1. The molecule has 2 aromatic heterocycles. The molecule has 0 bridgehead atoms. The van der Waals surface area contributed by atoms with Gasteiger partial charge in [0.25, 0.3) is 0 Å². The van der Waals surface area contributed by atoms with Gasteiger partial charge in [0.2, 0.25) is 5.91 Å². The number of imidazole rings is 1. The number of ether oxygens (including phenoxy) is 1. The van der Waals surface area contributed by atoms with E-state index in [0.29, 0.717) is 6.61 Å². The summed E-state index contributed by atoms with van der Waals surface area (Å²) in [6.45, 7) is 4.53. The Morgan fingerprint density at radius 2 is 2.14 bits per heavy atom. The molecule has 3 rings (SSSR count). The van der Waals surface area contributed by atoms with Crippen LogP contribution in [0.3, 0.4) is 0 Å². The fraction of sp³-hybridized carbons (Fsp3) is 0.250. The number of aryl methyl sites for hydroxylation is 1. The molecule has 0 aliphatic rings. The van der Waals surface area contributed by atoms with E-state index in [1.165, 1.54) is 5.69 Å². The van der Waals surface area contributed by atoms with Crippen LogP contribution in [-0.4, -0.2) is 28.5 Å².